The lowest BCUT2D eigenvalue weighted by molar-refractivity contribution is 0.0367. The Balaban J connectivity index is 2.28. The third kappa shape index (κ3) is 4.26. The normalized spacial score (nSPS) is 10.0. The van der Waals surface area contributed by atoms with E-state index >= 15 is 0 Å². The summed E-state index contributed by atoms with van der Waals surface area (Å²) < 4.78 is 6.41. The Labute approximate surface area is 86.1 Å². The molecule has 0 saturated heterocycles. The number of hydrogen-bond donors (Lipinski definition) is 1. The van der Waals surface area contributed by atoms with Gasteiger partial charge in [0.2, 0.25) is 0 Å². The Morgan fingerprint density at radius 2 is 2.23 bits per heavy atom. The topological polar surface area (TPSA) is 30.5 Å². The standard InChI is InChI=1S/C9H12BrNO2/c1-11-13-6-5-12-9-4-2-3-8(10)7-9/h2-4,7,11H,5-6H2,1H3. The molecule has 0 bridgehead atoms. The molecule has 1 N–H and O–H groups in total. The summed E-state index contributed by atoms with van der Waals surface area (Å²) in [6, 6.07) is 7.71. The highest BCUT2D eigenvalue weighted by atomic mass is 79.9. The lowest BCUT2D eigenvalue weighted by Crippen LogP contribution is -2.14. The maximum Gasteiger partial charge on any atom is 0.120 e. The molecule has 0 amide bonds. The minimum atomic E-state index is 0.531. The molecule has 0 radical (unpaired) electrons. The van der Waals surface area contributed by atoms with Crippen molar-refractivity contribution in [3.05, 3.63) is 28.7 Å². The SMILES string of the molecule is CNOCCOc1cccc(Br)c1. The molecular formula is C9H12BrNO2. The molecule has 0 fully saturated rings. The number of ether oxygens (including phenoxy) is 1. The van der Waals surface area contributed by atoms with Crippen molar-refractivity contribution in [2.24, 2.45) is 0 Å². The Bertz CT molecular complexity index is 255. The second kappa shape index (κ2) is 5.96. The molecule has 0 spiro atoms. The molecule has 13 heavy (non-hydrogen) atoms. The lowest BCUT2D eigenvalue weighted by Gasteiger charge is -2.05. The molecule has 0 aromatic heterocycles. The Morgan fingerprint density at radius 3 is 2.92 bits per heavy atom. The van der Waals surface area contributed by atoms with Crippen LogP contribution in [-0.2, 0) is 4.84 Å². The van der Waals surface area contributed by atoms with Gasteiger partial charge >= 0.3 is 0 Å². The van der Waals surface area contributed by atoms with Gasteiger partial charge in [-0.2, -0.15) is 0 Å². The zero-order chi connectivity index (χ0) is 9.52. The van der Waals surface area contributed by atoms with Gasteiger partial charge in [0, 0.05) is 11.5 Å². The predicted molar refractivity (Wildman–Crippen MR) is 54.6 cm³/mol. The van der Waals surface area contributed by atoms with E-state index in [1.54, 1.807) is 7.05 Å². The Hall–Kier alpha value is -0.580. The zero-order valence-corrected chi connectivity index (χ0v) is 9.00. The lowest BCUT2D eigenvalue weighted by atomic mass is 10.3. The van der Waals surface area contributed by atoms with Crippen LogP contribution in [0.25, 0.3) is 0 Å². The van der Waals surface area contributed by atoms with E-state index in [0.717, 1.165) is 10.2 Å². The maximum atomic E-state index is 5.39. The van der Waals surface area contributed by atoms with Crippen molar-refractivity contribution >= 4 is 15.9 Å². The van der Waals surface area contributed by atoms with Crippen LogP contribution in [0.3, 0.4) is 0 Å². The van der Waals surface area contributed by atoms with Crippen LogP contribution in [0, 0.1) is 0 Å². The van der Waals surface area contributed by atoms with Gasteiger partial charge in [-0.1, -0.05) is 22.0 Å². The van der Waals surface area contributed by atoms with Crippen LogP contribution in [0.4, 0.5) is 0 Å². The summed E-state index contributed by atoms with van der Waals surface area (Å²) in [6.45, 7) is 1.07. The summed E-state index contributed by atoms with van der Waals surface area (Å²) in [7, 11) is 1.72. The average Bonchev–Trinajstić information content (AvgIpc) is 2.13. The summed E-state index contributed by atoms with van der Waals surface area (Å²) in [5.74, 6) is 0.842. The fraction of sp³-hybridized carbons (Fsp3) is 0.333. The van der Waals surface area contributed by atoms with Crippen molar-refractivity contribution in [2.75, 3.05) is 20.3 Å². The number of benzene rings is 1. The van der Waals surface area contributed by atoms with Crippen molar-refractivity contribution in [3.63, 3.8) is 0 Å². The monoisotopic (exact) mass is 245 g/mol. The van der Waals surface area contributed by atoms with E-state index in [0.29, 0.717) is 13.2 Å². The maximum absolute atomic E-state index is 5.39. The van der Waals surface area contributed by atoms with Crippen molar-refractivity contribution in [1.29, 1.82) is 0 Å². The summed E-state index contributed by atoms with van der Waals surface area (Å²) >= 11 is 3.36. The van der Waals surface area contributed by atoms with E-state index < -0.39 is 0 Å². The molecule has 0 atom stereocenters. The van der Waals surface area contributed by atoms with Gasteiger partial charge in [0.15, 0.2) is 0 Å². The molecule has 0 aliphatic rings. The van der Waals surface area contributed by atoms with Gasteiger partial charge in [0.05, 0.1) is 0 Å². The molecule has 0 heterocycles. The average molecular weight is 246 g/mol. The summed E-state index contributed by atoms with van der Waals surface area (Å²) in [5.41, 5.74) is 2.58. The van der Waals surface area contributed by atoms with Gasteiger partial charge in [-0.3, -0.25) is 4.84 Å². The van der Waals surface area contributed by atoms with Crippen LogP contribution in [0.15, 0.2) is 28.7 Å². The van der Waals surface area contributed by atoms with E-state index in [-0.39, 0.29) is 0 Å². The molecule has 0 aliphatic carbocycles. The Kier molecular flexibility index (Phi) is 4.82. The van der Waals surface area contributed by atoms with E-state index in [2.05, 4.69) is 21.4 Å². The first-order valence-electron chi connectivity index (χ1n) is 4.00. The fourth-order valence-corrected chi connectivity index (χ4v) is 1.24. The number of hydroxylamine groups is 1. The molecule has 4 heteroatoms. The zero-order valence-electron chi connectivity index (χ0n) is 7.42. The van der Waals surface area contributed by atoms with Crippen LogP contribution < -0.4 is 10.2 Å². The molecular weight excluding hydrogens is 234 g/mol. The van der Waals surface area contributed by atoms with E-state index in [4.69, 9.17) is 9.57 Å². The molecule has 3 nitrogen and oxygen atoms in total. The van der Waals surface area contributed by atoms with Gasteiger partial charge in [0.25, 0.3) is 0 Å². The van der Waals surface area contributed by atoms with Crippen molar-refractivity contribution in [2.45, 2.75) is 0 Å². The summed E-state index contributed by atoms with van der Waals surface area (Å²) in [4.78, 5) is 4.90. The van der Waals surface area contributed by atoms with Crippen LogP contribution >= 0.6 is 15.9 Å². The van der Waals surface area contributed by atoms with Crippen LogP contribution in [0.5, 0.6) is 5.75 Å². The van der Waals surface area contributed by atoms with E-state index in [1.165, 1.54) is 0 Å². The third-order valence-corrected chi connectivity index (χ3v) is 1.89. The van der Waals surface area contributed by atoms with Gasteiger partial charge < -0.3 is 4.74 Å². The molecule has 72 valence electrons. The number of hydrogen-bond acceptors (Lipinski definition) is 3. The van der Waals surface area contributed by atoms with Crippen LogP contribution in [0.2, 0.25) is 0 Å². The van der Waals surface area contributed by atoms with Crippen LogP contribution in [0.1, 0.15) is 0 Å². The molecule has 0 saturated carbocycles. The Morgan fingerprint density at radius 1 is 1.38 bits per heavy atom. The highest BCUT2D eigenvalue weighted by Crippen LogP contribution is 2.17. The van der Waals surface area contributed by atoms with Gasteiger partial charge in [0.1, 0.15) is 19.0 Å². The highest BCUT2D eigenvalue weighted by molar-refractivity contribution is 9.10. The van der Waals surface area contributed by atoms with Gasteiger partial charge in [-0.25, -0.2) is 5.48 Å². The van der Waals surface area contributed by atoms with Crippen molar-refractivity contribution in [3.8, 4) is 5.75 Å². The van der Waals surface area contributed by atoms with E-state index in [1.807, 2.05) is 24.3 Å². The smallest absolute Gasteiger partial charge is 0.120 e. The number of nitrogens with one attached hydrogen (secondary N) is 1. The first kappa shape index (κ1) is 10.5. The quantitative estimate of drug-likeness (QED) is 0.636. The van der Waals surface area contributed by atoms with Crippen molar-refractivity contribution in [1.82, 2.24) is 5.48 Å². The predicted octanol–water partition coefficient (Wildman–Crippen LogP) is 1.98. The first-order valence-corrected chi connectivity index (χ1v) is 4.79. The second-order valence-corrected chi connectivity index (χ2v) is 3.27. The van der Waals surface area contributed by atoms with Crippen molar-refractivity contribution < 1.29 is 9.57 Å². The van der Waals surface area contributed by atoms with Gasteiger partial charge in [-0.05, 0) is 18.2 Å². The highest BCUT2D eigenvalue weighted by Gasteiger charge is 1.93. The largest absolute Gasteiger partial charge is 0.491 e. The molecule has 0 aliphatic heterocycles. The first-order chi connectivity index (χ1) is 6.33. The fourth-order valence-electron chi connectivity index (χ4n) is 0.860. The molecule has 1 rings (SSSR count). The number of halogens is 1. The van der Waals surface area contributed by atoms with Crippen LogP contribution in [-0.4, -0.2) is 20.3 Å². The summed E-state index contributed by atoms with van der Waals surface area (Å²) in [5, 5.41) is 0. The summed E-state index contributed by atoms with van der Waals surface area (Å²) in [6.07, 6.45) is 0. The minimum absolute atomic E-state index is 0.531. The molecule has 1 aromatic rings. The minimum Gasteiger partial charge on any atom is -0.491 e. The van der Waals surface area contributed by atoms with Gasteiger partial charge in [-0.15, -0.1) is 0 Å². The third-order valence-electron chi connectivity index (χ3n) is 1.39. The molecule has 1 aromatic carbocycles. The number of rotatable bonds is 5. The van der Waals surface area contributed by atoms with E-state index in [9.17, 15) is 0 Å². The molecule has 0 unspecified atom stereocenters. The second-order valence-electron chi connectivity index (χ2n) is 2.36.